The van der Waals surface area contributed by atoms with Crippen LogP contribution in [-0.4, -0.2) is 20.4 Å². The Kier molecular flexibility index (Phi) is 3.82. The molecular weight excluding hydrogens is 334 g/mol. The second kappa shape index (κ2) is 6.15. The summed E-state index contributed by atoms with van der Waals surface area (Å²) < 4.78 is 1.79. The summed E-state index contributed by atoms with van der Waals surface area (Å²) in [5.41, 5.74) is 4.88. The highest BCUT2D eigenvalue weighted by molar-refractivity contribution is 6.30. The number of fused-ring (bicyclic) bond motifs is 1. The average molecular weight is 348 g/mol. The molecule has 2 aromatic heterocycles. The minimum atomic E-state index is 0.0308. The first-order valence-electron chi connectivity index (χ1n) is 7.84. The minimum absolute atomic E-state index is 0.0308. The Morgan fingerprint density at radius 3 is 2.60 bits per heavy atom. The molecule has 0 bridgehead atoms. The van der Waals surface area contributed by atoms with Crippen LogP contribution in [0.15, 0.2) is 66.9 Å². The number of halogens is 1. The second-order valence-electron chi connectivity index (χ2n) is 5.78. The van der Waals surface area contributed by atoms with Crippen molar-refractivity contribution in [3.05, 3.63) is 77.4 Å². The van der Waals surface area contributed by atoms with Gasteiger partial charge in [-0.15, -0.1) is 0 Å². The molecule has 0 radical (unpaired) electrons. The smallest absolute Gasteiger partial charge is 0.159 e. The summed E-state index contributed by atoms with van der Waals surface area (Å²) in [5.74, 6) is 0.0308. The van der Waals surface area contributed by atoms with E-state index >= 15 is 0 Å². The summed E-state index contributed by atoms with van der Waals surface area (Å²) in [6, 6.07) is 18.9. The fraction of sp³-hybridized carbons (Fsp3) is 0.0500. The molecule has 0 saturated carbocycles. The molecule has 0 fully saturated rings. The van der Waals surface area contributed by atoms with Gasteiger partial charge in [-0.25, -0.2) is 9.50 Å². The fourth-order valence-electron chi connectivity index (χ4n) is 2.77. The molecule has 0 amide bonds. The van der Waals surface area contributed by atoms with Crippen LogP contribution in [0.25, 0.3) is 28.2 Å². The summed E-state index contributed by atoms with van der Waals surface area (Å²) in [7, 11) is 0. The van der Waals surface area contributed by atoms with E-state index in [4.69, 9.17) is 16.7 Å². The van der Waals surface area contributed by atoms with E-state index < -0.39 is 0 Å². The molecule has 0 aliphatic rings. The molecule has 0 unspecified atom stereocenters. The van der Waals surface area contributed by atoms with Crippen molar-refractivity contribution >= 4 is 23.0 Å². The molecule has 0 atom stereocenters. The van der Waals surface area contributed by atoms with Crippen molar-refractivity contribution in [2.24, 2.45) is 0 Å². The Bertz CT molecular complexity index is 1100. The highest BCUT2D eigenvalue weighted by Crippen LogP contribution is 2.25. The first kappa shape index (κ1) is 15.5. The van der Waals surface area contributed by atoms with Gasteiger partial charge in [0.05, 0.1) is 17.6 Å². The number of carbonyl (C=O) groups excluding carboxylic acids is 1. The molecule has 4 nitrogen and oxygen atoms in total. The van der Waals surface area contributed by atoms with E-state index in [0.29, 0.717) is 10.6 Å². The molecule has 0 aliphatic carbocycles. The Balaban J connectivity index is 1.87. The SMILES string of the molecule is CC(=O)c1cccc(-c2cnc3ccc(-c4cccc(Cl)c4)nn23)c1. The zero-order valence-electron chi connectivity index (χ0n) is 13.5. The van der Waals surface area contributed by atoms with Gasteiger partial charge in [0.25, 0.3) is 0 Å². The van der Waals surface area contributed by atoms with Crippen LogP contribution < -0.4 is 0 Å². The maximum atomic E-state index is 11.7. The number of benzene rings is 2. The van der Waals surface area contributed by atoms with E-state index in [9.17, 15) is 4.79 Å². The third kappa shape index (κ3) is 2.92. The van der Waals surface area contributed by atoms with E-state index in [1.807, 2.05) is 54.6 Å². The summed E-state index contributed by atoms with van der Waals surface area (Å²) in [5, 5.41) is 5.37. The Hall–Kier alpha value is -2.98. The van der Waals surface area contributed by atoms with Gasteiger partial charge in [-0.2, -0.15) is 5.10 Å². The van der Waals surface area contributed by atoms with Gasteiger partial charge in [0, 0.05) is 21.7 Å². The largest absolute Gasteiger partial charge is 0.295 e. The molecule has 0 saturated heterocycles. The van der Waals surface area contributed by atoms with E-state index in [0.717, 1.165) is 28.2 Å². The van der Waals surface area contributed by atoms with Gasteiger partial charge < -0.3 is 0 Å². The lowest BCUT2D eigenvalue weighted by atomic mass is 10.1. The monoisotopic (exact) mass is 347 g/mol. The molecule has 2 aromatic carbocycles. The van der Waals surface area contributed by atoms with Gasteiger partial charge in [0.15, 0.2) is 11.4 Å². The van der Waals surface area contributed by atoms with Crippen molar-refractivity contribution in [1.29, 1.82) is 0 Å². The summed E-state index contributed by atoms with van der Waals surface area (Å²) >= 11 is 6.09. The number of carbonyl (C=O) groups is 1. The maximum Gasteiger partial charge on any atom is 0.159 e. The van der Waals surface area contributed by atoms with Gasteiger partial charge in [-0.05, 0) is 37.3 Å². The third-order valence-electron chi connectivity index (χ3n) is 4.05. The molecule has 122 valence electrons. The van der Waals surface area contributed by atoms with Gasteiger partial charge >= 0.3 is 0 Å². The van der Waals surface area contributed by atoms with Crippen molar-refractivity contribution < 1.29 is 4.79 Å². The first-order valence-corrected chi connectivity index (χ1v) is 8.22. The number of ketones is 1. The number of imidazole rings is 1. The van der Waals surface area contributed by atoms with Crippen LogP contribution in [0.5, 0.6) is 0 Å². The standard InChI is InChI=1S/C20H14ClN3O/c1-13(25)14-4-2-6-16(10-14)19-12-22-20-9-8-18(23-24(19)20)15-5-3-7-17(21)11-15/h2-12H,1H3. The number of aromatic nitrogens is 3. The topological polar surface area (TPSA) is 47.3 Å². The van der Waals surface area contributed by atoms with Crippen LogP contribution in [0.3, 0.4) is 0 Å². The van der Waals surface area contributed by atoms with Crippen LogP contribution in [0.4, 0.5) is 0 Å². The molecule has 0 N–H and O–H groups in total. The number of hydrogen-bond donors (Lipinski definition) is 0. The highest BCUT2D eigenvalue weighted by Gasteiger charge is 2.10. The van der Waals surface area contributed by atoms with Crippen LogP contribution >= 0.6 is 11.6 Å². The predicted octanol–water partition coefficient (Wildman–Crippen LogP) is 4.92. The molecule has 4 rings (SSSR count). The molecule has 5 heteroatoms. The number of hydrogen-bond acceptors (Lipinski definition) is 3. The van der Waals surface area contributed by atoms with E-state index in [1.165, 1.54) is 0 Å². The molecular formula is C20H14ClN3O. The molecule has 25 heavy (non-hydrogen) atoms. The van der Waals surface area contributed by atoms with Crippen molar-refractivity contribution in [2.75, 3.05) is 0 Å². The maximum absolute atomic E-state index is 11.7. The fourth-order valence-corrected chi connectivity index (χ4v) is 2.96. The van der Waals surface area contributed by atoms with Gasteiger partial charge in [0.2, 0.25) is 0 Å². The van der Waals surface area contributed by atoms with Gasteiger partial charge in [-0.1, -0.05) is 41.9 Å². The van der Waals surface area contributed by atoms with Crippen molar-refractivity contribution in [3.63, 3.8) is 0 Å². The zero-order valence-corrected chi connectivity index (χ0v) is 14.2. The Labute approximate surface area is 149 Å². The highest BCUT2D eigenvalue weighted by atomic mass is 35.5. The van der Waals surface area contributed by atoms with E-state index in [1.54, 1.807) is 23.7 Å². The quantitative estimate of drug-likeness (QED) is 0.494. The van der Waals surface area contributed by atoms with Crippen molar-refractivity contribution in [2.45, 2.75) is 6.92 Å². The van der Waals surface area contributed by atoms with Crippen molar-refractivity contribution in [1.82, 2.24) is 14.6 Å². The van der Waals surface area contributed by atoms with Gasteiger partial charge in [-0.3, -0.25) is 4.79 Å². The summed E-state index contributed by atoms with van der Waals surface area (Å²) in [6.45, 7) is 1.56. The molecule has 0 spiro atoms. The van der Waals surface area contributed by atoms with Crippen LogP contribution in [0, 0.1) is 0 Å². The molecule has 2 heterocycles. The average Bonchev–Trinajstić information content (AvgIpc) is 3.05. The lowest BCUT2D eigenvalue weighted by Crippen LogP contribution is -1.98. The summed E-state index contributed by atoms with van der Waals surface area (Å²) in [6.07, 6.45) is 1.77. The predicted molar refractivity (Wildman–Crippen MR) is 98.9 cm³/mol. The number of rotatable bonds is 3. The van der Waals surface area contributed by atoms with E-state index in [2.05, 4.69) is 4.98 Å². The lowest BCUT2D eigenvalue weighted by molar-refractivity contribution is 0.101. The normalized spacial score (nSPS) is 11.0. The van der Waals surface area contributed by atoms with Crippen LogP contribution in [0.1, 0.15) is 17.3 Å². The minimum Gasteiger partial charge on any atom is -0.295 e. The third-order valence-corrected chi connectivity index (χ3v) is 4.28. The second-order valence-corrected chi connectivity index (χ2v) is 6.22. The van der Waals surface area contributed by atoms with Crippen molar-refractivity contribution in [3.8, 4) is 22.5 Å². The van der Waals surface area contributed by atoms with E-state index in [-0.39, 0.29) is 5.78 Å². The Morgan fingerprint density at radius 2 is 1.80 bits per heavy atom. The zero-order chi connectivity index (χ0) is 17.4. The lowest BCUT2D eigenvalue weighted by Gasteiger charge is -2.06. The first-order chi connectivity index (χ1) is 12.1. The van der Waals surface area contributed by atoms with Crippen LogP contribution in [0.2, 0.25) is 5.02 Å². The van der Waals surface area contributed by atoms with Gasteiger partial charge in [0.1, 0.15) is 0 Å². The number of nitrogens with zero attached hydrogens (tertiary/aromatic N) is 3. The molecule has 0 aliphatic heterocycles. The molecule has 4 aromatic rings. The summed E-state index contributed by atoms with van der Waals surface area (Å²) in [4.78, 5) is 16.1. The Morgan fingerprint density at radius 1 is 1.00 bits per heavy atom. The number of Topliss-reactive ketones (excluding diaryl/α,β-unsaturated/α-hetero) is 1. The van der Waals surface area contributed by atoms with Crippen LogP contribution in [-0.2, 0) is 0 Å².